The van der Waals surface area contributed by atoms with Crippen molar-refractivity contribution in [1.82, 2.24) is 14.8 Å². The summed E-state index contributed by atoms with van der Waals surface area (Å²) in [5.41, 5.74) is 2.43. The lowest BCUT2D eigenvalue weighted by Gasteiger charge is -2.10. The molecule has 26 heavy (non-hydrogen) atoms. The van der Waals surface area contributed by atoms with E-state index in [2.05, 4.69) is 15.5 Å². The van der Waals surface area contributed by atoms with Gasteiger partial charge in [-0.05, 0) is 6.07 Å². The van der Waals surface area contributed by atoms with Gasteiger partial charge in [0.1, 0.15) is 11.5 Å². The molecule has 0 atom stereocenters. The van der Waals surface area contributed by atoms with Crippen molar-refractivity contribution in [2.45, 2.75) is 13.1 Å². The number of nitrogens with one attached hydrogen (secondary N) is 1. The van der Waals surface area contributed by atoms with Crippen molar-refractivity contribution in [3.05, 3.63) is 58.9 Å². The van der Waals surface area contributed by atoms with Gasteiger partial charge in [-0.3, -0.25) is 9.20 Å². The smallest absolute Gasteiger partial charge is 0.297 e. The second kappa shape index (κ2) is 6.80. The third-order valence-electron chi connectivity index (χ3n) is 3.48. The molecule has 0 unspecified atom stereocenters. The van der Waals surface area contributed by atoms with E-state index in [1.54, 1.807) is 30.3 Å². The van der Waals surface area contributed by atoms with E-state index in [1.807, 2.05) is 0 Å². The average molecular weight is 381 g/mol. The molecule has 0 saturated carbocycles. The highest BCUT2D eigenvalue weighted by Gasteiger charge is 2.32. The molecule has 0 saturated heterocycles. The Kier molecular flexibility index (Phi) is 4.69. The van der Waals surface area contributed by atoms with E-state index in [0.717, 1.165) is 12.3 Å². The van der Waals surface area contributed by atoms with Gasteiger partial charge in [-0.15, -0.1) is 0 Å². The Hall–Kier alpha value is -2.87. The lowest BCUT2D eigenvalue weighted by atomic mass is 10.2. The largest absolute Gasteiger partial charge is 0.417 e. The molecule has 3 aromatic rings. The van der Waals surface area contributed by atoms with E-state index in [9.17, 15) is 18.0 Å². The summed E-state index contributed by atoms with van der Waals surface area (Å²) in [4.78, 5) is 15.3. The average Bonchev–Trinajstić information content (AvgIpc) is 2.94. The molecule has 3 rings (SSSR count). The number of benzene rings is 1. The fourth-order valence-electron chi connectivity index (χ4n) is 2.41. The van der Waals surface area contributed by atoms with Crippen molar-refractivity contribution < 1.29 is 18.0 Å². The molecule has 0 aliphatic heterocycles. The van der Waals surface area contributed by atoms with Crippen LogP contribution in [0.1, 0.15) is 18.2 Å². The van der Waals surface area contributed by atoms with Gasteiger partial charge in [0, 0.05) is 18.7 Å². The van der Waals surface area contributed by atoms with Crippen LogP contribution in [0.3, 0.4) is 0 Å². The van der Waals surface area contributed by atoms with Gasteiger partial charge < -0.3 is 0 Å². The summed E-state index contributed by atoms with van der Waals surface area (Å²) in [6, 6.07) is 9.55. The molecule has 2 heterocycles. The second-order valence-electron chi connectivity index (χ2n) is 5.41. The van der Waals surface area contributed by atoms with Gasteiger partial charge in [0.25, 0.3) is 0 Å². The van der Waals surface area contributed by atoms with Crippen molar-refractivity contribution in [1.29, 1.82) is 0 Å². The van der Waals surface area contributed by atoms with Gasteiger partial charge in [0.05, 0.1) is 22.3 Å². The number of aromatic nitrogens is 2. The number of rotatable bonds is 3. The molecule has 2 aromatic heterocycles. The van der Waals surface area contributed by atoms with E-state index >= 15 is 0 Å². The first-order valence-electron chi connectivity index (χ1n) is 7.41. The number of nitrogens with zero attached hydrogens (tertiary/aromatic N) is 3. The number of hydrazone groups is 1. The van der Waals surface area contributed by atoms with Crippen molar-refractivity contribution >= 4 is 29.2 Å². The van der Waals surface area contributed by atoms with Gasteiger partial charge in [-0.25, -0.2) is 10.4 Å². The van der Waals surface area contributed by atoms with Crippen molar-refractivity contribution in [3.63, 3.8) is 0 Å². The number of imidazole rings is 1. The molecule has 1 N–H and O–H groups in total. The van der Waals surface area contributed by atoms with Gasteiger partial charge in [-0.2, -0.15) is 18.3 Å². The maximum Gasteiger partial charge on any atom is 0.417 e. The molecular weight excluding hydrogens is 369 g/mol. The molecule has 0 bridgehead atoms. The monoisotopic (exact) mass is 380 g/mol. The quantitative estimate of drug-likeness (QED) is 0.548. The van der Waals surface area contributed by atoms with Crippen molar-refractivity contribution in [2.24, 2.45) is 5.10 Å². The predicted octanol–water partition coefficient (Wildman–Crippen LogP) is 4.14. The fraction of sp³-hybridized carbons (Fsp3) is 0.118. The molecule has 134 valence electrons. The van der Waals surface area contributed by atoms with Crippen molar-refractivity contribution in [3.8, 4) is 11.4 Å². The summed E-state index contributed by atoms with van der Waals surface area (Å²) in [5.74, 6) is -0.114. The van der Waals surface area contributed by atoms with Crippen LogP contribution in [0.2, 0.25) is 5.02 Å². The number of hydrogen-bond donors (Lipinski definition) is 1. The SMILES string of the molecule is CC(=O)NN=Cc1nc(-c2ccccc2)n2cc(C(F)(F)F)cc(Cl)c12. The first kappa shape index (κ1) is 17.9. The van der Waals surface area contributed by atoms with E-state index in [0.29, 0.717) is 5.56 Å². The van der Waals surface area contributed by atoms with Crippen LogP contribution in [0.5, 0.6) is 0 Å². The first-order chi connectivity index (χ1) is 12.3. The summed E-state index contributed by atoms with van der Waals surface area (Å²) >= 11 is 6.11. The van der Waals surface area contributed by atoms with Crippen molar-refractivity contribution in [2.75, 3.05) is 0 Å². The highest BCUT2D eigenvalue weighted by molar-refractivity contribution is 6.34. The number of amides is 1. The van der Waals surface area contributed by atoms with Crippen LogP contribution in [0.25, 0.3) is 16.9 Å². The summed E-state index contributed by atoms with van der Waals surface area (Å²) in [7, 11) is 0. The molecule has 5 nitrogen and oxygen atoms in total. The minimum atomic E-state index is -4.56. The molecule has 0 aliphatic rings. The summed E-state index contributed by atoms with van der Waals surface area (Å²) in [5, 5.41) is 3.60. The van der Waals surface area contributed by atoms with Gasteiger partial charge in [-0.1, -0.05) is 41.9 Å². The first-order valence-corrected chi connectivity index (χ1v) is 7.79. The number of carbonyl (C=O) groups is 1. The highest BCUT2D eigenvalue weighted by atomic mass is 35.5. The summed E-state index contributed by atoms with van der Waals surface area (Å²) < 4.78 is 40.8. The third-order valence-corrected chi connectivity index (χ3v) is 3.77. The maximum absolute atomic E-state index is 13.2. The van der Waals surface area contributed by atoms with Crippen LogP contribution >= 0.6 is 11.6 Å². The van der Waals surface area contributed by atoms with Crippen LogP contribution in [-0.2, 0) is 11.0 Å². The predicted molar refractivity (Wildman–Crippen MR) is 92.1 cm³/mol. The molecule has 0 spiro atoms. The summed E-state index contributed by atoms with van der Waals surface area (Å²) in [6.45, 7) is 1.28. The highest BCUT2D eigenvalue weighted by Crippen LogP contribution is 2.35. The number of pyridine rings is 1. The normalized spacial score (nSPS) is 12.0. The Morgan fingerprint density at radius 1 is 1.31 bits per heavy atom. The Bertz CT molecular complexity index is 997. The second-order valence-corrected chi connectivity index (χ2v) is 5.81. The number of hydrogen-bond acceptors (Lipinski definition) is 3. The van der Waals surface area contributed by atoms with Crippen LogP contribution in [0, 0.1) is 0 Å². The van der Waals surface area contributed by atoms with Gasteiger partial charge in [0.15, 0.2) is 0 Å². The molecule has 0 radical (unpaired) electrons. The molecule has 1 amide bonds. The minimum Gasteiger partial charge on any atom is -0.297 e. The van der Waals surface area contributed by atoms with E-state index in [1.165, 1.54) is 17.5 Å². The Balaban J connectivity index is 2.26. The van der Waals surface area contributed by atoms with Crippen LogP contribution < -0.4 is 5.43 Å². The lowest BCUT2D eigenvalue weighted by molar-refractivity contribution is -0.137. The molecular formula is C17H12ClF3N4O. The molecule has 1 aromatic carbocycles. The van der Waals surface area contributed by atoms with E-state index in [4.69, 9.17) is 11.6 Å². The standard InChI is InChI=1S/C17H12ClF3N4O/c1-10(26)24-22-8-14-15-13(18)7-12(17(19,20)21)9-25(15)16(23-14)11-5-3-2-4-6-11/h2-9H,1H3,(H,24,26). The number of fused-ring (bicyclic) bond motifs is 1. The maximum atomic E-state index is 13.2. The van der Waals surface area contributed by atoms with Gasteiger partial charge in [0.2, 0.25) is 5.91 Å². The fourth-order valence-corrected chi connectivity index (χ4v) is 2.72. The Morgan fingerprint density at radius 3 is 2.62 bits per heavy atom. The Labute approximate surface area is 151 Å². The van der Waals surface area contributed by atoms with Gasteiger partial charge >= 0.3 is 6.18 Å². The zero-order valence-electron chi connectivity index (χ0n) is 13.4. The van der Waals surface area contributed by atoms with Crippen LogP contribution in [-0.4, -0.2) is 21.5 Å². The molecule has 0 fully saturated rings. The zero-order valence-corrected chi connectivity index (χ0v) is 14.1. The van der Waals surface area contributed by atoms with Crippen LogP contribution in [0.15, 0.2) is 47.7 Å². The van der Waals surface area contributed by atoms with Crippen LogP contribution in [0.4, 0.5) is 13.2 Å². The summed E-state index contributed by atoms with van der Waals surface area (Å²) in [6.07, 6.45) is -2.38. The number of carbonyl (C=O) groups excluding carboxylic acids is 1. The molecule has 9 heteroatoms. The lowest BCUT2D eigenvalue weighted by Crippen LogP contribution is -2.12. The van der Waals surface area contributed by atoms with E-state index in [-0.39, 0.29) is 22.1 Å². The zero-order chi connectivity index (χ0) is 18.9. The Morgan fingerprint density at radius 2 is 2.00 bits per heavy atom. The topological polar surface area (TPSA) is 58.8 Å². The number of alkyl halides is 3. The number of halogens is 4. The minimum absolute atomic E-state index is 0.126. The van der Waals surface area contributed by atoms with E-state index < -0.39 is 17.6 Å². The molecule has 0 aliphatic carbocycles. The third kappa shape index (κ3) is 3.55.